The number of phenolic OH excluding ortho intramolecular Hbond substituents is 1. The highest BCUT2D eigenvalue weighted by Crippen LogP contribution is 2.51. The third-order valence-electron chi connectivity index (χ3n) is 9.11. The van der Waals surface area contributed by atoms with Crippen molar-refractivity contribution in [3.05, 3.63) is 58.7 Å². The number of benzene rings is 2. The van der Waals surface area contributed by atoms with Gasteiger partial charge < -0.3 is 30.7 Å². The van der Waals surface area contributed by atoms with Crippen molar-refractivity contribution in [1.29, 1.82) is 0 Å². The van der Waals surface area contributed by atoms with Crippen LogP contribution < -0.4 is 10.5 Å². The first-order chi connectivity index (χ1) is 18.9. The zero-order valence-electron chi connectivity index (χ0n) is 22.7. The number of hydrogen-bond donors (Lipinski definition) is 4. The minimum Gasteiger partial charge on any atom is -0.507 e. The van der Waals surface area contributed by atoms with Crippen molar-refractivity contribution in [2.24, 2.45) is 29.4 Å². The monoisotopic (exact) mass is 550 g/mol. The largest absolute Gasteiger partial charge is 0.507 e. The molecular formula is C30H34N2O8. The average molecular weight is 551 g/mol. The van der Waals surface area contributed by atoms with E-state index < -0.39 is 64.7 Å². The van der Waals surface area contributed by atoms with E-state index in [-0.39, 0.29) is 24.2 Å². The molecule has 3 aliphatic carbocycles. The summed E-state index contributed by atoms with van der Waals surface area (Å²) in [7, 11) is 4.84. The van der Waals surface area contributed by atoms with Crippen molar-refractivity contribution in [3.63, 3.8) is 0 Å². The third-order valence-corrected chi connectivity index (χ3v) is 9.11. The molecule has 0 aliphatic heterocycles. The zero-order chi connectivity index (χ0) is 29.1. The number of rotatable bonds is 6. The Bertz CT molecular complexity index is 1390. The molecule has 0 saturated heterocycles. The Morgan fingerprint density at radius 2 is 1.75 bits per heavy atom. The van der Waals surface area contributed by atoms with Crippen LogP contribution in [0.15, 0.2) is 36.4 Å². The molecule has 2 aromatic carbocycles. The van der Waals surface area contributed by atoms with Crippen LogP contribution in [0.3, 0.4) is 0 Å². The van der Waals surface area contributed by atoms with Gasteiger partial charge in [0, 0.05) is 12.0 Å². The predicted octanol–water partition coefficient (Wildman–Crippen LogP) is 0.453. The molecule has 5 rings (SSSR count). The quantitative estimate of drug-likeness (QED) is 0.373. The molecule has 1 amide bonds. The Balaban J connectivity index is 1.52. The molecule has 0 aromatic heterocycles. The number of primary amides is 1. The molecule has 10 nitrogen and oxygen atoms in total. The molecule has 0 heterocycles. The van der Waals surface area contributed by atoms with E-state index >= 15 is 0 Å². The molecule has 0 spiro atoms. The number of aliphatic hydroxyl groups is 2. The van der Waals surface area contributed by atoms with Crippen molar-refractivity contribution in [3.8, 4) is 11.5 Å². The third kappa shape index (κ3) is 4.13. The summed E-state index contributed by atoms with van der Waals surface area (Å²) in [6, 6.07) is 9.93. The SMILES string of the molecule is COc1ccc(CCc2ccc(O)c3c2C[C@@H]2C[C@@H]4[C@@H](N(C)C)C(O)C(C(N)=O)C(=O)[C@]4(O)C(=O)C2C3=O)cc1. The van der Waals surface area contributed by atoms with Gasteiger partial charge >= 0.3 is 0 Å². The number of phenols is 1. The van der Waals surface area contributed by atoms with E-state index in [4.69, 9.17) is 10.5 Å². The van der Waals surface area contributed by atoms with Crippen molar-refractivity contribution >= 4 is 23.3 Å². The van der Waals surface area contributed by atoms with Crippen LogP contribution in [0.1, 0.15) is 33.5 Å². The van der Waals surface area contributed by atoms with Crippen molar-refractivity contribution in [1.82, 2.24) is 4.90 Å². The minimum atomic E-state index is -2.66. The molecule has 0 bridgehead atoms. The standard InChI is InChI=1S/C30H34N2O8/c1-32(2)24-19-13-16-12-18-15(7-4-14-5-9-17(40-3)10-6-14)8-11-20(33)22(18)25(34)21(16)27(36)30(19,39)28(37)23(26(24)35)29(31)38/h5-6,8-11,16,19,21,23-24,26,33,35,39H,4,7,12-13H2,1-3H3,(H2,31,38)/t16-,19-,21?,23?,24-,26?,30-/m1/s1. The number of methoxy groups -OCH3 is 1. The van der Waals surface area contributed by atoms with Crippen LogP contribution in [-0.4, -0.2) is 82.4 Å². The van der Waals surface area contributed by atoms with Crippen LogP contribution >= 0.6 is 0 Å². The molecular weight excluding hydrogens is 516 g/mol. The van der Waals surface area contributed by atoms with Crippen molar-refractivity contribution in [2.45, 2.75) is 43.4 Å². The average Bonchev–Trinajstić information content (AvgIpc) is 2.90. The topological polar surface area (TPSA) is 167 Å². The van der Waals surface area contributed by atoms with Gasteiger partial charge in [-0.05, 0) is 80.6 Å². The second kappa shape index (κ2) is 10.1. The number of aromatic hydroxyl groups is 1. The van der Waals surface area contributed by atoms with Crippen LogP contribution in [0.2, 0.25) is 0 Å². The molecule has 10 heteroatoms. The number of nitrogens with two attached hydrogens (primary N) is 1. The van der Waals surface area contributed by atoms with Gasteiger partial charge in [0.05, 0.1) is 24.7 Å². The maximum atomic E-state index is 13.9. The maximum Gasteiger partial charge on any atom is 0.230 e. The normalized spacial score (nSPS) is 31.4. The number of ketones is 3. The van der Waals surface area contributed by atoms with Gasteiger partial charge in [-0.25, -0.2) is 0 Å². The summed E-state index contributed by atoms with van der Waals surface area (Å²) < 4.78 is 5.21. The number of nitrogens with zero attached hydrogens (tertiary/aromatic N) is 1. The number of Topliss-reactive ketones (excluding diaryl/α,β-unsaturated/α-hetero) is 3. The number of carbonyl (C=O) groups excluding carboxylic acids is 4. The molecule has 40 heavy (non-hydrogen) atoms. The maximum absolute atomic E-state index is 13.9. The van der Waals surface area contributed by atoms with Gasteiger partial charge in [-0.1, -0.05) is 18.2 Å². The van der Waals surface area contributed by atoms with E-state index in [1.807, 2.05) is 24.3 Å². The van der Waals surface area contributed by atoms with Crippen LogP contribution in [-0.2, 0) is 33.6 Å². The zero-order valence-corrected chi connectivity index (χ0v) is 22.7. The number of amides is 1. The molecule has 7 atom stereocenters. The Hall–Kier alpha value is -3.60. The molecule has 0 radical (unpaired) electrons. The van der Waals surface area contributed by atoms with E-state index in [1.165, 1.54) is 6.07 Å². The Morgan fingerprint density at radius 1 is 1.07 bits per heavy atom. The fraction of sp³-hybridized carbons (Fsp3) is 0.467. The second-order valence-electron chi connectivity index (χ2n) is 11.4. The van der Waals surface area contributed by atoms with Crippen LogP contribution in [0, 0.1) is 23.7 Å². The smallest absolute Gasteiger partial charge is 0.230 e. The molecule has 2 saturated carbocycles. The van der Waals surface area contributed by atoms with Gasteiger partial charge in [0.15, 0.2) is 23.0 Å². The minimum absolute atomic E-state index is 0.0304. The number of likely N-dealkylation sites (N-methyl/N-ethyl adjacent to an activating group) is 1. The molecule has 212 valence electrons. The predicted molar refractivity (Wildman–Crippen MR) is 143 cm³/mol. The van der Waals surface area contributed by atoms with Crippen molar-refractivity contribution in [2.75, 3.05) is 21.2 Å². The van der Waals surface area contributed by atoms with Gasteiger partial charge in [-0.2, -0.15) is 0 Å². The summed E-state index contributed by atoms with van der Waals surface area (Å²) in [6.45, 7) is 0. The van der Waals surface area contributed by atoms with Gasteiger partial charge in [-0.15, -0.1) is 0 Å². The fourth-order valence-corrected chi connectivity index (χ4v) is 7.19. The molecule has 5 N–H and O–H groups in total. The second-order valence-corrected chi connectivity index (χ2v) is 11.4. The van der Waals surface area contributed by atoms with E-state index in [0.29, 0.717) is 18.4 Å². The summed E-state index contributed by atoms with van der Waals surface area (Å²) in [6.07, 6.45) is 0.0925. The lowest BCUT2D eigenvalue weighted by Crippen LogP contribution is -2.75. The highest BCUT2D eigenvalue weighted by molar-refractivity contribution is 6.25. The summed E-state index contributed by atoms with van der Waals surface area (Å²) in [5.74, 6) is -8.26. The van der Waals surface area contributed by atoms with E-state index in [0.717, 1.165) is 16.9 Å². The number of aryl methyl sites for hydroxylation is 2. The van der Waals surface area contributed by atoms with E-state index in [1.54, 1.807) is 32.2 Å². The fourth-order valence-electron chi connectivity index (χ4n) is 7.19. The van der Waals surface area contributed by atoms with Crippen molar-refractivity contribution < 1.29 is 39.2 Å². The summed E-state index contributed by atoms with van der Waals surface area (Å²) in [4.78, 5) is 54.9. The summed E-state index contributed by atoms with van der Waals surface area (Å²) >= 11 is 0. The number of carbonyl (C=O) groups is 4. The first-order valence-electron chi connectivity index (χ1n) is 13.4. The highest BCUT2D eigenvalue weighted by Gasteiger charge is 2.69. The lowest BCUT2D eigenvalue weighted by Gasteiger charge is -2.54. The lowest BCUT2D eigenvalue weighted by atomic mass is 9.52. The van der Waals surface area contributed by atoms with Gasteiger partial charge in [0.25, 0.3) is 0 Å². The van der Waals surface area contributed by atoms with Crippen LogP contribution in [0.4, 0.5) is 0 Å². The number of fused-ring (bicyclic) bond motifs is 3. The van der Waals surface area contributed by atoms with E-state index in [9.17, 15) is 34.5 Å². The molecule has 2 aromatic rings. The van der Waals surface area contributed by atoms with Crippen LogP contribution in [0.5, 0.6) is 11.5 Å². The Morgan fingerprint density at radius 3 is 2.35 bits per heavy atom. The lowest BCUT2D eigenvalue weighted by molar-refractivity contribution is -0.190. The first-order valence-corrected chi connectivity index (χ1v) is 13.4. The number of ether oxygens (including phenoxy) is 1. The first kappa shape index (κ1) is 27.9. The van der Waals surface area contributed by atoms with E-state index in [2.05, 4.69) is 0 Å². The Kier molecular flexibility index (Phi) is 7.06. The summed E-state index contributed by atoms with van der Waals surface area (Å²) in [5.41, 5.74) is 5.36. The van der Waals surface area contributed by atoms with Gasteiger partial charge in [0.1, 0.15) is 17.4 Å². The molecule has 2 fully saturated rings. The molecule has 3 aliphatic rings. The Labute approximate surface area is 231 Å². The number of aliphatic hydroxyl groups excluding tert-OH is 1. The van der Waals surface area contributed by atoms with Gasteiger partial charge in [0.2, 0.25) is 5.91 Å². The number of hydrogen-bond acceptors (Lipinski definition) is 9. The summed E-state index contributed by atoms with van der Waals surface area (Å²) in [5, 5.41) is 33.4. The molecule has 3 unspecified atom stereocenters. The van der Waals surface area contributed by atoms with Crippen LogP contribution in [0.25, 0.3) is 0 Å². The highest BCUT2D eigenvalue weighted by atomic mass is 16.5. The van der Waals surface area contributed by atoms with Gasteiger partial charge in [-0.3, -0.25) is 19.2 Å².